The molecule has 0 radical (unpaired) electrons. The van der Waals surface area contributed by atoms with Crippen molar-refractivity contribution in [2.75, 3.05) is 0 Å². The van der Waals surface area contributed by atoms with Crippen LogP contribution in [0.3, 0.4) is 0 Å². The fraction of sp³-hybridized carbons (Fsp3) is 0. The summed E-state index contributed by atoms with van der Waals surface area (Å²) in [4.78, 5) is 0. The number of benzene rings is 13. The van der Waals surface area contributed by atoms with Crippen LogP contribution in [-0.2, 0) is 0 Å². The van der Waals surface area contributed by atoms with Gasteiger partial charge in [-0.3, -0.25) is 0 Å². The first-order valence-corrected chi connectivity index (χ1v) is 28.2. The summed E-state index contributed by atoms with van der Waals surface area (Å²) in [6.07, 6.45) is 0. The van der Waals surface area contributed by atoms with Gasteiger partial charge < -0.3 is 18.3 Å². The largest absolute Gasteiger partial charge is 0.309 e. The molecule has 0 unspecified atom stereocenters. The van der Waals surface area contributed by atoms with Crippen LogP contribution in [0.4, 0.5) is 0 Å². The van der Waals surface area contributed by atoms with E-state index in [0.29, 0.717) is 0 Å². The third kappa shape index (κ3) is 7.18. The van der Waals surface area contributed by atoms with Crippen LogP contribution in [0.15, 0.2) is 303 Å². The van der Waals surface area contributed by atoms with E-state index in [1.165, 1.54) is 87.4 Å². The van der Waals surface area contributed by atoms with Gasteiger partial charge in [-0.05, 0) is 152 Å². The lowest BCUT2D eigenvalue weighted by atomic mass is 9.97. The number of rotatable bonds is 8. The summed E-state index contributed by atoms with van der Waals surface area (Å²) in [5.41, 5.74) is 20.9. The summed E-state index contributed by atoms with van der Waals surface area (Å²) in [5.74, 6) is 0. The topological polar surface area (TPSA) is 19.7 Å². The molecule has 4 heterocycles. The monoisotopic (exact) mass is 1040 g/mol. The molecule has 17 aromatic rings. The average molecular weight is 1040 g/mol. The first-order valence-electron chi connectivity index (χ1n) is 28.2. The Labute approximate surface area is 473 Å². The second-order valence-corrected chi connectivity index (χ2v) is 21.7. The van der Waals surface area contributed by atoms with Gasteiger partial charge in [0.1, 0.15) is 0 Å². The van der Waals surface area contributed by atoms with E-state index >= 15 is 0 Å². The molecule has 82 heavy (non-hydrogen) atoms. The standard InChI is InChI=1S/C78H50N4/c1-3-19-63-51(15-1)17-13-25-65(63)53-31-35-55(36-32-53)75-47-57-49-78-58(50-77(57)81(75)61-43-39-59(40-44-61)79-71-27-9-5-21-67(71)68-22-6-10-28-72(68)79)48-76(56-37-33-54(34-38-56)66-26-14-18-52-16-2-4-20-64(52)66)82(78)62-45-41-60(42-46-62)80-73-29-11-7-23-69(73)70-24-8-12-30-74(70)80/h1-50H. The Hall–Kier alpha value is -10.9. The van der Waals surface area contributed by atoms with E-state index in [0.717, 1.165) is 67.1 Å². The maximum absolute atomic E-state index is 2.47. The summed E-state index contributed by atoms with van der Waals surface area (Å²) < 4.78 is 9.72. The molecule has 4 heteroatoms. The van der Waals surface area contributed by atoms with Crippen LogP contribution in [0.5, 0.6) is 0 Å². The zero-order valence-corrected chi connectivity index (χ0v) is 44.7. The van der Waals surface area contributed by atoms with Gasteiger partial charge in [-0.2, -0.15) is 0 Å². The van der Waals surface area contributed by atoms with E-state index in [1.807, 2.05) is 0 Å². The second-order valence-electron chi connectivity index (χ2n) is 21.7. The number of aromatic nitrogens is 4. The first-order chi connectivity index (χ1) is 40.7. The van der Waals surface area contributed by atoms with Crippen LogP contribution >= 0.6 is 0 Å². The van der Waals surface area contributed by atoms with Crippen molar-refractivity contribution < 1.29 is 0 Å². The highest BCUT2D eigenvalue weighted by Gasteiger charge is 2.21. The Bertz CT molecular complexity index is 4900. The molecule has 0 atom stereocenters. The minimum atomic E-state index is 1.09. The number of hydrogen-bond acceptors (Lipinski definition) is 0. The van der Waals surface area contributed by atoms with Gasteiger partial charge in [0.25, 0.3) is 0 Å². The molecular formula is C78H50N4. The first kappa shape index (κ1) is 46.0. The third-order valence-electron chi connectivity index (χ3n) is 17.2. The molecule has 0 bridgehead atoms. The predicted octanol–water partition coefficient (Wildman–Crippen LogP) is 20.7. The lowest BCUT2D eigenvalue weighted by Gasteiger charge is -2.15. The van der Waals surface area contributed by atoms with Crippen molar-refractivity contribution in [3.8, 4) is 67.5 Å². The van der Waals surface area contributed by atoms with Crippen molar-refractivity contribution in [2.45, 2.75) is 0 Å². The average Bonchev–Trinajstić information content (AvgIpc) is 4.44. The number of fused-ring (bicyclic) bond motifs is 10. The number of para-hydroxylation sites is 4. The minimum absolute atomic E-state index is 1.09. The maximum Gasteiger partial charge on any atom is 0.0542 e. The normalized spacial score (nSPS) is 11.9. The van der Waals surface area contributed by atoms with Crippen LogP contribution in [0.2, 0.25) is 0 Å². The minimum Gasteiger partial charge on any atom is -0.309 e. The van der Waals surface area contributed by atoms with E-state index in [9.17, 15) is 0 Å². The van der Waals surface area contributed by atoms with E-state index in [1.54, 1.807) is 0 Å². The van der Waals surface area contributed by atoms with Crippen molar-refractivity contribution in [3.63, 3.8) is 0 Å². The van der Waals surface area contributed by atoms with Gasteiger partial charge >= 0.3 is 0 Å². The molecule has 0 saturated carbocycles. The highest BCUT2D eigenvalue weighted by molar-refractivity contribution is 6.11. The van der Waals surface area contributed by atoms with Crippen LogP contribution in [0.1, 0.15) is 0 Å². The molecule has 13 aromatic carbocycles. The zero-order chi connectivity index (χ0) is 53.8. The lowest BCUT2D eigenvalue weighted by molar-refractivity contribution is 1.11. The van der Waals surface area contributed by atoms with E-state index in [2.05, 4.69) is 322 Å². The molecule has 382 valence electrons. The van der Waals surface area contributed by atoms with Gasteiger partial charge in [0.15, 0.2) is 0 Å². The molecule has 0 aliphatic carbocycles. The third-order valence-corrected chi connectivity index (χ3v) is 17.2. The number of nitrogens with zero attached hydrogens (tertiary/aromatic N) is 4. The fourth-order valence-electron chi connectivity index (χ4n) is 13.4. The van der Waals surface area contributed by atoms with Crippen molar-refractivity contribution in [1.29, 1.82) is 0 Å². The zero-order valence-electron chi connectivity index (χ0n) is 44.7. The summed E-state index contributed by atoms with van der Waals surface area (Å²) in [5, 5.41) is 12.3. The lowest BCUT2D eigenvalue weighted by Crippen LogP contribution is -2.00. The molecule has 4 nitrogen and oxygen atoms in total. The van der Waals surface area contributed by atoms with Gasteiger partial charge in [-0.1, -0.05) is 206 Å². The SMILES string of the molecule is c1ccc2c(-c3ccc(-c4cc5cc6c(cc(-c7ccc(-c8cccc9ccccc89)cc7)n6-c6ccc(-n7c8ccccc8c8ccccc87)cc6)cc5n4-c4ccc(-n5c6ccccc6c6ccccc65)cc4)cc3)cccc2c1. The van der Waals surface area contributed by atoms with Crippen LogP contribution in [-0.4, -0.2) is 18.3 Å². The smallest absolute Gasteiger partial charge is 0.0542 e. The highest BCUT2D eigenvalue weighted by Crippen LogP contribution is 2.42. The van der Waals surface area contributed by atoms with Crippen molar-refractivity contribution in [2.24, 2.45) is 0 Å². The molecule has 0 amide bonds. The molecule has 0 fully saturated rings. The quantitative estimate of drug-likeness (QED) is 0.145. The summed E-state index contributed by atoms with van der Waals surface area (Å²) in [6, 6.07) is 112. The molecule has 4 aromatic heterocycles. The van der Waals surface area contributed by atoms with Crippen LogP contribution < -0.4 is 0 Å². The van der Waals surface area contributed by atoms with Gasteiger partial charge in [-0.15, -0.1) is 0 Å². The molecule has 0 spiro atoms. The molecule has 0 saturated heterocycles. The van der Waals surface area contributed by atoms with Crippen molar-refractivity contribution in [3.05, 3.63) is 303 Å². The van der Waals surface area contributed by atoms with E-state index < -0.39 is 0 Å². The fourth-order valence-corrected chi connectivity index (χ4v) is 13.4. The molecule has 17 rings (SSSR count). The number of hydrogen-bond donors (Lipinski definition) is 0. The predicted molar refractivity (Wildman–Crippen MR) is 346 cm³/mol. The van der Waals surface area contributed by atoms with E-state index in [4.69, 9.17) is 0 Å². The molecule has 0 aliphatic heterocycles. The summed E-state index contributed by atoms with van der Waals surface area (Å²) >= 11 is 0. The Kier molecular flexibility index (Phi) is 10.3. The second kappa shape index (κ2) is 18.3. The van der Waals surface area contributed by atoms with Crippen LogP contribution in [0, 0.1) is 0 Å². The van der Waals surface area contributed by atoms with Crippen LogP contribution in [0.25, 0.3) is 154 Å². The summed E-state index contributed by atoms with van der Waals surface area (Å²) in [7, 11) is 0. The Morgan fingerprint density at radius 1 is 0.171 bits per heavy atom. The Balaban J connectivity index is 0.856. The van der Waals surface area contributed by atoms with Gasteiger partial charge in [0.2, 0.25) is 0 Å². The van der Waals surface area contributed by atoms with E-state index in [-0.39, 0.29) is 0 Å². The molecule has 0 N–H and O–H groups in total. The Morgan fingerprint density at radius 3 is 0.805 bits per heavy atom. The highest BCUT2D eigenvalue weighted by atomic mass is 15.0. The molecule has 0 aliphatic rings. The van der Waals surface area contributed by atoms with Crippen molar-refractivity contribution in [1.82, 2.24) is 18.3 Å². The maximum atomic E-state index is 2.47. The van der Waals surface area contributed by atoms with Gasteiger partial charge in [-0.25, -0.2) is 0 Å². The summed E-state index contributed by atoms with van der Waals surface area (Å²) in [6.45, 7) is 0. The van der Waals surface area contributed by atoms with Gasteiger partial charge in [0.05, 0.1) is 44.5 Å². The Morgan fingerprint density at radius 2 is 0.451 bits per heavy atom. The van der Waals surface area contributed by atoms with Crippen molar-refractivity contribution >= 4 is 87.0 Å². The molecular weight excluding hydrogens is 993 g/mol. The van der Waals surface area contributed by atoms with Gasteiger partial charge in [0, 0.05) is 55.1 Å².